The molecule has 0 spiro atoms. The van der Waals surface area contributed by atoms with E-state index < -0.39 is 0 Å². The Morgan fingerprint density at radius 1 is 1.17 bits per heavy atom. The van der Waals surface area contributed by atoms with Crippen molar-refractivity contribution < 1.29 is 13.9 Å². The van der Waals surface area contributed by atoms with Crippen molar-refractivity contribution >= 4 is 31.9 Å². The summed E-state index contributed by atoms with van der Waals surface area (Å²) >= 11 is 7.13. The Labute approximate surface area is 122 Å². The van der Waals surface area contributed by atoms with Crippen molar-refractivity contribution in [3.63, 3.8) is 0 Å². The molecule has 0 aliphatic carbocycles. The average molecular weight is 376 g/mol. The molecule has 2 rings (SSSR count). The lowest BCUT2D eigenvalue weighted by Crippen LogP contribution is -1.98. The Hall–Kier alpha value is -0.940. The first-order chi connectivity index (χ1) is 8.69. The highest BCUT2D eigenvalue weighted by Gasteiger charge is 2.20. The maximum atomic E-state index is 5.45. The fourth-order valence-corrected chi connectivity index (χ4v) is 3.02. The predicted molar refractivity (Wildman–Crippen MR) is 76.7 cm³/mol. The molecule has 96 valence electrons. The Balaban J connectivity index is 2.48. The first-order valence-electron chi connectivity index (χ1n) is 5.25. The first kappa shape index (κ1) is 13.5. The fourth-order valence-electron chi connectivity index (χ4n) is 1.72. The van der Waals surface area contributed by atoms with Gasteiger partial charge in [0.15, 0.2) is 0 Å². The maximum absolute atomic E-state index is 5.45. The van der Waals surface area contributed by atoms with Gasteiger partial charge in [-0.2, -0.15) is 0 Å². The molecule has 0 bridgehead atoms. The third-order valence-electron chi connectivity index (χ3n) is 2.63. The largest absolute Gasteiger partial charge is 0.495 e. The minimum atomic E-state index is 0.00778. The van der Waals surface area contributed by atoms with Gasteiger partial charge < -0.3 is 13.9 Å². The molecule has 18 heavy (non-hydrogen) atoms. The number of methoxy groups -OCH3 is 2. The Kier molecular flexibility index (Phi) is 4.35. The van der Waals surface area contributed by atoms with Gasteiger partial charge in [0.25, 0.3) is 0 Å². The van der Waals surface area contributed by atoms with Gasteiger partial charge in [0, 0.05) is 11.1 Å². The molecule has 3 nitrogen and oxygen atoms in total. The van der Waals surface area contributed by atoms with Gasteiger partial charge in [-0.1, -0.05) is 22.0 Å². The van der Waals surface area contributed by atoms with Crippen LogP contribution in [0.3, 0.4) is 0 Å². The van der Waals surface area contributed by atoms with E-state index in [-0.39, 0.29) is 4.83 Å². The molecule has 0 amide bonds. The second-order valence-electron chi connectivity index (χ2n) is 3.62. The van der Waals surface area contributed by atoms with Gasteiger partial charge in [-0.3, -0.25) is 0 Å². The van der Waals surface area contributed by atoms with E-state index in [1.54, 1.807) is 26.7 Å². The molecule has 0 saturated carbocycles. The number of hydrogen-bond donors (Lipinski definition) is 0. The molecule has 1 aromatic heterocycles. The van der Waals surface area contributed by atoms with Gasteiger partial charge in [-0.05, 0) is 28.1 Å². The highest BCUT2D eigenvalue weighted by Crippen LogP contribution is 2.44. The van der Waals surface area contributed by atoms with Crippen molar-refractivity contribution in [2.45, 2.75) is 4.83 Å². The minimum absolute atomic E-state index is 0.00778. The van der Waals surface area contributed by atoms with Gasteiger partial charge >= 0.3 is 0 Å². The van der Waals surface area contributed by atoms with E-state index >= 15 is 0 Å². The van der Waals surface area contributed by atoms with E-state index in [1.165, 1.54) is 0 Å². The van der Waals surface area contributed by atoms with Crippen molar-refractivity contribution in [1.82, 2.24) is 0 Å². The van der Waals surface area contributed by atoms with Crippen molar-refractivity contribution in [2.24, 2.45) is 0 Å². The van der Waals surface area contributed by atoms with Crippen LogP contribution in [-0.2, 0) is 0 Å². The lowest BCUT2D eigenvalue weighted by Gasteiger charge is -2.16. The van der Waals surface area contributed by atoms with Gasteiger partial charge in [0.1, 0.15) is 16.0 Å². The van der Waals surface area contributed by atoms with Crippen molar-refractivity contribution in [2.75, 3.05) is 14.2 Å². The summed E-state index contributed by atoms with van der Waals surface area (Å²) in [6, 6.07) is 5.78. The van der Waals surface area contributed by atoms with Crippen LogP contribution in [0.15, 0.2) is 39.6 Å². The third kappa shape index (κ3) is 2.42. The summed E-state index contributed by atoms with van der Waals surface area (Å²) < 4.78 is 16.6. The quantitative estimate of drug-likeness (QED) is 0.735. The summed E-state index contributed by atoms with van der Waals surface area (Å²) in [5.41, 5.74) is 2.04. The first-order valence-corrected chi connectivity index (χ1v) is 6.96. The van der Waals surface area contributed by atoms with Gasteiger partial charge in [0.2, 0.25) is 0 Å². The van der Waals surface area contributed by atoms with Crippen molar-refractivity contribution in [3.05, 3.63) is 46.3 Å². The molecular weight excluding hydrogens is 364 g/mol. The van der Waals surface area contributed by atoms with Crippen molar-refractivity contribution in [3.8, 4) is 11.5 Å². The van der Waals surface area contributed by atoms with E-state index in [0.29, 0.717) is 0 Å². The van der Waals surface area contributed by atoms with Crippen LogP contribution in [0, 0.1) is 0 Å². The average Bonchev–Trinajstić information content (AvgIpc) is 2.91. The van der Waals surface area contributed by atoms with Crippen LogP contribution in [0.4, 0.5) is 0 Å². The minimum Gasteiger partial charge on any atom is -0.495 e. The molecule has 0 aliphatic heterocycles. The van der Waals surface area contributed by atoms with Crippen LogP contribution >= 0.6 is 31.9 Å². The molecule has 0 N–H and O–H groups in total. The van der Waals surface area contributed by atoms with Crippen LogP contribution < -0.4 is 9.47 Å². The molecule has 1 atom stereocenters. The standard InChI is InChI=1S/C13H12Br2O3/c1-16-10-4-3-9(13(17-2)12(10)15)11(14)8-5-6-18-7-8/h3-7,11H,1-2H3. The van der Waals surface area contributed by atoms with Gasteiger partial charge in [0.05, 0.1) is 31.6 Å². The molecule has 5 heteroatoms. The van der Waals surface area contributed by atoms with Crippen LogP contribution in [0.2, 0.25) is 0 Å². The number of hydrogen-bond acceptors (Lipinski definition) is 3. The number of alkyl halides is 1. The van der Waals surface area contributed by atoms with E-state index in [1.807, 2.05) is 18.2 Å². The summed E-state index contributed by atoms with van der Waals surface area (Å²) in [4.78, 5) is 0.00778. The Morgan fingerprint density at radius 3 is 2.50 bits per heavy atom. The second-order valence-corrected chi connectivity index (χ2v) is 5.33. The number of benzene rings is 1. The highest BCUT2D eigenvalue weighted by atomic mass is 79.9. The van der Waals surface area contributed by atoms with E-state index in [9.17, 15) is 0 Å². The lowest BCUT2D eigenvalue weighted by atomic mass is 10.1. The van der Waals surface area contributed by atoms with Gasteiger partial charge in [-0.15, -0.1) is 0 Å². The third-order valence-corrected chi connectivity index (χ3v) is 4.40. The van der Waals surface area contributed by atoms with Gasteiger partial charge in [-0.25, -0.2) is 0 Å². The zero-order valence-electron chi connectivity index (χ0n) is 9.94. The number of halogens is 2. The molecule has 1 heterocycles. The SMILES string of the molecule is COc1ccc(C(Br)c2ccoc2)c(OC)c1Br. The number of rotatable bonds is 4. The molecule has 0 aliphatic rings. The van der Waals surface area contributed by atoms with Crippen molar-refractivity contribution in [1.29, 1.82) is 0 Å². The zero-order chi connectivity index (χ0) is 13.1. The molecular formula is C13H12Br2O3. The maximum Gasteiger partial charge on any atom is 0.141 e. The summed E-state index contributed by atoms with van der Waals surface area (Å²) in [7, 11) is 3.26. The molecule has 0 saturated heterocycles. The Bertz CT molecular complexity index is 523. The molecule has 1 unspecified atom stereocenters. The highest BCUT2D eigenvalue weighted by molar-refractivity contribution is 9.10. The number of furan rings is 1. The molecule has 0 radical (unpaired) electrons. The lowest BCUT2D eigenvalue weighted by molar-refractivity contribution is 0.386. The van der Waals surface area contributed by atoms with Crippen LogP contribution in [0.5, 0.6) is 11.5 Å². The summed E-state index contributed by atoms with van der Waals surface area (Å²) in [6.45, 7) is 0. The topological polar surface area (TPSA) is 31.6 Å². The molecule has 0 fully saturated rings. The fraction of sp³-hybridized carbons (Fsp3) is 0.231. The predicted octanol–water partition coefficient (Wildman–Crippen LogP) is 4.54. The van der Waals surface area contributed by atoms with Crippen LogP contribution in [0.1, 0.15) is 16.0 Å². The molecule has 1 aromatic carbocycles. The monoisotopic (exact) mass is 374 g/mol. The zero-order valence-corrected chi connectivity index (χ0v) is 13.1. The number of ether oxygens (including phenoxy) is 2. The van der Waals surface area contributed by atoms with E-state index in [2.05, 4.69) is 31.9 Å². The molecule has 2 aromatic rings. The normalized spacial score (nSPS) is 12.2. The summed E-state index contributed by atoms with van der Waals surface area (Å²) in [6.07, 6.45) is 3.35. The van der Waals surface area contributed by atoms with E-state index in [0.717, 1.165) is 27.1 Å². The van der Waals surface area contributed by atoms with E-state index in [4.69, 9.17) is 13.9 Å². The smallest absolute Gasteiger partial charge is 0.141 e. The summed E-state index contributed by atoms with van der Waals surface area (Å²) in [5.74, 6) is 1.49. The van der Waals surface area contributed by atoms with Crippen LogP contribution in [0.25, 0.3) is 0 Å². The van der Waals surface area contributed by atoms with Crippen LogP contribution in [-0.4, -0.2) is 14.2 Å². The second kappa shape index (κ2) is 5.80. The Morgan fingerprint density at radius 2 is 1.94 bits per heavy atom. The summed E-state index contributed by atoms with van der Waals surface area (Å²) in [5, 5.41) is 0.